The molecule has 0 aromatic heterocycles. The van der Waals surface area contributed by atoms with Gasteiger partial charge in [-0.2, -0.15) is 0 Å². The average molecular weight is 233 g/mol. The molecule has 1 aliphatic carbocycles. The number of halogens is 2. The summed E-state index contributed by atoms with van der Waals surface area (Å²) >= 11 is 0. The van der Waals surface area contributed by atoms with Gasteiger partial charge >= 0.3 is 0 Å². The van der Waals surface area contributed by atoms with E-state index in [1.165, 1.54) is 0 Å². The third kappa shape index (κ3) is 2.51. The Kier molecular flexibility index (Phi) is 3.15. The molecule has 0 unspecified atom stereocenters. The number of nitrogens with zero attached hydrogens (tertiary/aromatic N) is 1. The fourth-order valence-corrected chi connectivity index (χ4v) is 2.49. The van der Waals surface area contributed by atoms with Gasteiger partial charge in [0, 0.05) is 31.8 Å². The van der Waals surface area contributed by atoms with Gasteiger partial charge in [0.1, 0.15) is 0 Å². The minimum atomic E-state index is -2.58. The summed E-state index contributed by atoms with van der Waals surface area (Å²) in [7, 11) is 0. The van der Waals surface area contributed by atoms with Crippen molar-refractivity contribution in [1.82, 2.24) is 4.90 Å². The number of hydrogen-bond donors (Lipinski definition) is 1. The third-order valence-electron chi connectivity index (χ3n) is 3.54. The molecular weight excluding hydrogens is 216 g/mol. The maximum atomic E-state index is 12.9. The maximum absolute atomic E-state index is 12.9. The lowest BCUT2D eigenvalue weighted by Crippen LogP contribution is -2.38. The molecule has 1 amide bonds. The van der Waals surface area contributed by atoms with Crippen molar-refractivity contribution in [1.29, 1.82) is 0 Å². The second-order valence-corrected chi connectivity index (χ2v) is 4.86. The van der Waals surface area contributed by atoms with Gasteiger partial charge in [0.2, 0.25) is 11.8 Å². The highest BCUT2D eigenvalue weighted by molar-refractivity contribution is 5.79. The SMILES string of the molecule is O=C(C1CCC(F)(F)CC1)N1CC[C@H](O)C1. The molecule has 3 nitrogen and oxygen atoms in total. The lowest BCUT2D eigenvalue weighted by molar-refractivity contribution is -0.138. The Labute approximate surface area is 93.4 Å². The third-order valence-corrected chi connectivity index (χ3v) is 3.54. The van der Waals surface area contributed by atoms with Crippen LogP contribution < -0.4 is 0 Å². The van der Waals surface area contributed by atoms with Crippen molar-refractivity contribution < 1.29 is 18.7 Å². The Morgan fingerprint density at radius 3 is 2.38 bits per heavy atom. The summed E-state index contributed by atoms with van der Waals surface area (Å²) in [4.78, 5) is 13.5. The highest BCUT2D eigenvalue weighted by atomic mass is 19.3. The first kappa shape index (κ1) is 11.8. The molecule has 1 saturated heterocycles. The number of aliphatic hydroxyl groups is 1. The van der Waals surface area contributed by atoms with Gasteiger partial charge in [-0.15, -0.1) is 0 Å². The van der Waals surface area contributed by atoms with E-state index in [1.54, 1.807) is 4.90 Å². The summed E-state index contributed by atoms with van der Waals surface area (Å²) in [5.74, 6) is -2.89. The number of amides is 1. The zero-order chi connectivity index (χ0) is 11.8. The zero-order valence-electron chi connectivity index (χ0n) is 9.16. The van der Waals surface area contributed by atoms with Gasteiger partial charge in [-0.05, 0) is 19.3 Å². The lowest BCUT2D eigenvalue weighted by atomic mass is 9.86. The molecule has 5 heteroatoms. The molecule has 0 bridgehead atoms. The van der Waals surface area contributed by atoms with Gasteiger partial charge in [-0.25, -0.2) is 8.78 Å². The molecule has 92 valence electrons. The van der Waals surface area contributed by atoms with Crippen LogP contribution in [-0.2, 0) is 4.79 Å². The quantitative estimate of drug-likeness (QED) is 0.743. The monoisotopic (exact) mass is 233 g/mol. The number of carbonyl (C=O) groups excluding carboxylic acids is 1. The number of rotatable bonds is 1. The van der Waals surface area contributed by atoms with Crippen molar-refractivity contribution in [3.63, 3.8) is 0 Å². The van der Waals surface area contributed by atoms with Crippen LogP contribution in [0.1, 0.15) is 32.1 Å². The highest BCUT2D eigenvalue weighted by Gasteiger charge is 2.39. The van der Waals surface area contributed by atoms with Crippen LogP contribution in [0.2, 0.25) is 0 Å². The Bertz CT molecular complexity index is 273. The summed E-state index contributed by atoms with van der Waals surface area (Å²) in [6.45, 7) is 0.929. The Balaban J connectivity index is 1.87. The predicted octanol–water partition coefficient (Wildman–Crippen LogP) is 1.41. The molecule has 1 saturated carbocycles. The van der Waals surface area contributed by atoms with Crippen LogP contribution in [0.25, 0.3) is 0 Å². The molecule has 16 heavy (non-hydrogen) atoms. The van der Waals surface area contributed by atoms with E-state index in [-0.39, 0.29) is 37.5 Å². The normalized spacial score (nSPS) is 30.7. The summed E-state index contributed by atoms with van der Waals surface area (Å²) in [5.41, 5.74) is 0. The first-order chi connectivity index (χ1) is 7.48. The van der Waals surface area contributed by atoms with Crippen molar-refractivity contribution in [2.75, 3.05) is 13.1 Å². The van der Waals surface area contributed by atoms with E-state index < -0.39 is 12.0 Å². The first-order valence-corrected chi connectivity index (χ1v) is 5.83. The Hall–Kier alpha value is -0.710. The number of hydrogen-bond acceptors (Lipinski definition) is 2. The molecule has 1 N–H and O–H groups in total. The predicted molar refractivity (Wildman–Crippen MR) is 54.1 cm³/mol. The minimum absolute atomic E-state index is 0.0490. The number of carbonyl (C=O) groups is 1. The molecule has 0 radical (unpaired) electrons. The topological polar surface area (TPSA) is 40.5 Å². The molecule has 1 heterocycles. The van der Waals surface area contributed by atoms with E-state index >= 15 is 0 Å². The summed E-state index contributed by atoms with van der Waals surface area (Å²) in [5, 5.41) is 9.32. The minimum Gasteiger partial charge on any atom is -0.391 e. The smallest absolute Gasteiger partial charge is 0.248 e. The van der Waals surface area contributed by atoms with Gasteiger partial charge in [-0.1, -0.05) is 0 Å². The van der Waals surface area contributed by atoms with E-state index in [0.717, 1.165) is 0 Å². The first-order valence-electron chi connectivity index (χ1n) is 5.83. The number of likely N-dealkylation sites (tertiary alicyclic amines) is 1. The van der Waals surface area contributed by atoms with Crippen LogP contribution in [0.15, 0.2) is 0 Å². The van der Waals surface area contributed by atoms with Crippen LogP contribution in [0, 0.1) is 5.92 Å². The maximum Gasteiger partial charge on any atom is 0.248 e. The van der Waals surface area contributed by atoms with E-state index in [9.17, 15) is 18.7 Å². The molecule has 2 fully saturated rings. The standard InChI is InChI=1S/C11H17F2NO2/c12-11(13)4-1-8(2-5-11)10(16)14-6-3-9(15)7-14/h8-9,15H,1-7H2/t9-/m0/s1. The van der Waals surface area contributed by atoms with Gasteiger partial charge in [-0.3, -0.25) is 4.79 Å². The lowest BCUT2D eigenvalue weighted by Gasteiger charge is -2.30. The van der Waals surface area contributed by atoms with E-state index in [4.69, 9.17) is 0 Å². The summed E-state index contributed by atoms with van der Waals surface area (Å²) < 4.78 is 25.8. The second kappa shape index (κ2) is 4.28. The van der Waals surface area contributed by atoms with Crippen LogP contribution in [0.4, 0.5) is 8.78 Å². The molecule has 1 aliphatic heterocycles. The largest absolute Gasteiger partial charge is 0.391 e. The van der Waals surface area contributed by atoms with Crippen LogP contribution >= 0.6 is 0 Å². The van der Waals surface area contributed by atoms with Gasteiger partial charge in [0.25, 0.3) is 0 Å². The number of aliphatic hydroxyl groups excluding tert-OH is 1. The molecule has 0 aromatic rings. The van der Waals surface area contributed by atoms with Gasteiger partial charge < -0.3 is 10.0 Å². The summed E-state index contributed by atoms with van der Waals surface area (Å²) in [6, 6.07) is 0. The van der Waals surface area contributed by atoms with Crippen LogP contribution in [0.5, 0.6) is 0 Å². The Morgan fingerprint density at radius 1 is 1.25 bits per heavy atom. The van der Waals surface area contributed by atoms with Crippen molar-refractivity contribution in [2.24, 2.45) is 5.92 Å². The van der Waals surface area contributed by atoms with E-state index in [1.807, 2.05) is 0 Å². The molecule has 1 atom stereocenters. The molecule has 0 spiro atoms. The molecule has 2 aliphatic rings. The number of β-amino-alcohol motifs (C(OH)–C–C–N with tert-alkyl or cyclic N) is 1. The fraction of sp³-hybridized carbons (Fsp3) is 0.909. The van der Waals surface area contributed by atoms with Crippen LogP contribution in [-0.4, -0.2) is 41.0 Å². The van der Waals surface area contributed by atoms with Gasteiger partial charge in [0.15, 0.2) is 0 Å². The van der Waals surface area contributed by atoms with Crippen LogP contribution in [0.3, 0.4) is 0 Å². The van der Waals surface area contributed by atoms with Crippen molar-refractivity contribution in [2.45, 2.75) is 44.1 Å². The van der Waals surface area contributed by atoms with Gasteiger partial charge in [0.05, 0.1) is 6.10 Å². The van der Waals surface area contributed by atoms with Crippen molar-refractivity contribution >= 4 is 5.91 Å². The molecule has 0 aromatic carbocycles. The summed E-state index contributed by atoms with van der Waals surface area (Å²) in [6.07, 6.45) is 0.361. The van der Waals surface area contributed by atoms with E-state index in [2.05, 4.69) is 0 Å². The average Bonchev–Trinajstić information content (AvgIpc) is 2.64. The molecular formula is C11H17F2NO2. The zero-order valence-corrected chi connectivity index (χ0v) is 9.16. The Morgan fingerprint density at radius 2 is 1.88 bits per heavy atom. The molecule has 2 rings (SSSR count). The number of alkyl halides is 2. The van der Waals surface area contributed by atoms with Crippen molar-refractivity contribution in [3.8, 4) is 0 Å². The highest BCUT2D eigenvalue weighted by Crippen LogP contribution is 2.37. The second-order valence-electron chi connectivity index (χ2n) is 4.86. The fourth-order valence-electron chi connectivity index (χ4n) is 2.49. The van der Waals surface area contributed by atoms with Crippen molar-refractivity contribution in [3.05, 3.63) is 0 Å². The van der Waals surface area contributed by atoms with E-state index in [0.29, 0.717) is 19.5 Å².